The minimum atomic E-state index is 0.360. The molecule has 2 heterocycles. The van der Waals surface area contributed by atoms with Gasteiger partial charge in [-0.1, -0.05) is 27.5 Å². The van der Waals surface area contributed by atoms with Gasteiger partial charge in [-0.25, -0.2) is 0 Å². The molecule has 0 fully saturated rings. The summed E-state index contributed by atoms with van der Waals surface area (Å²) in [7, 11) is 0. The fourth-order valence-electron chi connectivity index (χ4n) is 1.36. The highest BCUT2D eigenvalue weighted by Gasteiger charge is 2.06. The van der Waals surface area contributed by atoms with Crippen molar-refractivity contribution in [2.45, 2.75) is 0 Å². The zero-order chi connectivity index (χ0) is 12.5. The monoisotopic (exact) mass is 325 g/mol. The highest BCUT2D eigenvalue weighted by Crippen LogP contribution is 2.30. The van der Waals surface area contributed by atoms with Crippen molar-refractivity contribution in [2.24, 2.45) is 0 Å². The molecule has 0 saturated carbocycles. The Morgan fingerprint density at radius 1 is 1.22 bits per heavy atom. The number of hydrogen-bond donors (Lipinski definition) is 0. The zero-order valence-electron chi connectivity index (χ0n) is 8.79. The van der Waals surface area contributed by atoms with Crippen LogP contribution in [0.15, 0.2) is 34.8 Å². The van der Waals surface area contributed by atoms with Crippen LogP contribution < -0.4 is 4.74 Å². The molecular weight excluding hydrogens is 322 g/mol. The molecule has 0 spiro atoms. The summed E-state index contributed by atoms with van der Waals surface area (Å²) in [5.41, 5.74) is 0.546. The first-order valence-electron chi connectivity index (χ1n) is 4.91. The predicted octanol–water partition coefficient (Wildman–Crippen LogP) is 2.73. The van der Waals surface area contributed by atoms with Gasteiger partial charge in [0.15, 0.2) is 5.65 Å². The van der Waals surface area contributed by atoms with Crippen LogP contribution in [0.3, 0.4) is 0 Å². The summed E-state index contributed by atoms with van der Waals surface area (Å²) in [4.78, 5) is 0. The van der Waals surface area contributed by atoms with Gasteiger partial charge in [0.2, 0.25) is 5.88 Å². The van der Waals surface area contributed by atoms with Crippen molar-refractivity contribution in [3.05, 3.63) is 39.8 Å². The number of tetrazole rings is 1. The zero-order valence-corrected chi connectivity index (χ0v) is 11.1. The van der Waals surface area contributed by atoms with E-state index in [9.17, 15) is 0 Å². The van der Waals surface area contributed by atoms with Crippen molar-refractivity contribution in [2.75, 3.05) is 0 Å². The summed E-state index contributed by atoms with van der Waals surface area (Å²) < 4.78 is 7.72. The number of ether oxygens (including phenoxy) is 1. The van der Waals surface area contributed by atoms with Crippen LogP contribution in [0.25, 0.3) is 5.65 Å². The van der Waals surface area contributed by atoms with Crippen LogP contribution in [0.5, 0.6) is 11.6 Å². The molecule has 8 heteroatoms. The number of nitrogens with zero attached hydrogens (tertiary/aromatic N) is 5. The Hall–Kier alpha value is -1.73. The van der Waals surface area contributed by atoms with Gasteiger partial charge < -0.3 is 4.74 Å². The number of rotatable bonds is 2. The maximum atomic E-state index is 6.05. The lowest BCUT2D eigenvalue weighted by atomic mass is 10.3. The first kappa shape index (κ1) is 11.4. The predicted molar refractivity (Wildman–Crippen MR) is 67.8 cm³/mol. The molecule has 90 valence electrons. The fourth-order valence-corrected chi connectivity index (χ4v) is 2.07. The van der Waals surface area contributed by atoms with E-state index in [0.29, 0.717) is 22.3 Å². The van der Waals surface area contributed by atoms with Gasteiger partial charge in [-0.2, -0.15) is 0 Å². The van der Waals surface area contributed by atoms with Gasteiger partial charge in [0, 0.05) is 10.5 Å². The molecule has 0 N–H and O–H groups in total. The Morgan fingerprint density at radius 3 is 2.94 bits per heavy atom. The molecule has 0 aliphatic heterocycles. The van der Waals surface area contributed by atoms with E-state index < -0.39 is 0 Å². The van der Waals surface area contributed by atoms with Crippen LogP contribution in [0.1, 0.15) is 0 Å². The molecule has 0 atom stereocenters. The number of hydrogen-bond acceptors (Lipinski definition) is 5. The lowest BCUT2D eigenvalue weighted by Crippen LogP contribution is -1.97. The number of fused-ring (bicyclic) bond motifs is 1. The third kappa shape index (κ3) is 2.14. The molecule has 0 bridgehead atoms. The van der Waals surface area contributed by atoms with Crippen LogP contribution in [-0.4, -0.2) is 25.3 Å². The van der Waals surface area contributed by atoms with E-state index in [1.807, 2.05) is 6.07 Å². The summed E-state index contributed by atoms with van der Waals surface area (Å²) in [6.45, 7) is 0. The topological polar surface area (TPSA) is 65.2 Å². The molecule has 0 aliphatic rings. The molecular formula is C10H5BrClN5O. The third-order valence-corrected chi connectivity index (χ3v) is 2.94. The highest BCUT2D eigenvalue weighted by atomic mass is 79.9. The maximum Gasteiger partial charge on any atom is 0.239 e. The average Bonchev–Trinajstić information content (AvgIpc) is 2.80. The lowest BCUT2D eigenvalue weighted by Gasteiger charge is -2.06. The van der Waals surface area contributed by atoms with E-state index in [1.54, 1.807) is 24.3 Å². The van der Waals surface area contributed by atoms with E-state index in [1.165, 1.54) is 4.63 Å². The van der Waals surface area contributed by atoms with Crippen LogP contribution in [0.2, 0.25) is 5.02 Å². The molecule has 0 amide bonds. The summed E-state index contributed by atoms with van der Waals surface area (Å²) in [5.74, 6) is 0.874. The van der Waals surface area contributed by atoms with Gasteiger partial charge in [0.1, 0.15) is 5.75 Å². The number of benzene rings is 1. The smallest absolute Gasteiger partial charge is 0.239 e. The fraction of sp³-hybridized carbons (Fsp3) is 0. The van der Waals surface area contributed by atoms with Crippen LogP contribution >= 0.6 is 27.5 Å². The summed E-state index contributed by atoms with van der Waals surface area (Å²) in [6, 6.07) is 8.69. The summed E-state index contributed by atoms with van der Waals surface area (Å²) in [5, 5.41) is 15.5. The van der Waals surface area contributed by atoms with Crippen molar-refractivity contribution in [3.63, 3.8) is 0 Å². The third-order valence-electron chi connectivity index (χ3n) is 2.15. The first-order chi connectivity index (χ1) is 8.72. The highest BCUT2D eigenvalue weighted by molar-refractivity contribution is 9.10. The van der Waals surface area contributed by atoms with Gasteiger partial charge in [-0.3, -0.25) is 0 Å². The molecule has 0 unspecified atom stereocenters. The molecule has 0 aliphatic carbocycles. The minimum absolute atomic E-state index is 0.360. The first-order valence-corrected chi connectivity index (χ1v) is 6.08. The summed E-state index contributed by atoms with van der Waals surface area (Å²) >= 11 is 9.37. The second-order valence-electron chi connectivity index (χ2n) is 3.37. The van der Waals surface area contributed by atoms with Crippen LogP contribution in [-0.2, 0) is 0 Å². The molecule has 1 aromatic carbocycles. The largest absolute Gasteiger partial charge is 0.436 e. The van der Waals surface area contributed by atoms with Crippen LogP contribution in [0.4, 0.5) is 0 Å². The summed E-state index contributed by atoms with van der Waals surface area (Å²) in [6.07, 6.45) is 0. The van der Waals surface area contributed by atoms with Gasteiger partial charge in [-0.05, 0) is 34.7 Å². The molecule has 3 rings (SSSR count). The minimum Gasteiger partial charge on any atom is -0.436 e. The SMILES string of the molecule is Clc1cc(Br)ccc1Oc1ccc2nnnn2n1. The Balaban J connectivity index is 1.95. The van der Waals surface area contributed by atoms with Crippen molar-refractivity contribution >= 4 is 33.2 Å². The van der Waals surface area contributed by atoms with Gasteiger partial charge in [0.05, 0.1) is 5.02 Å². The van der Waals surface area contributed by atoms with Crippen molar-refractivity contribution in [1.29, 1.82) is 0 Å². The van der Waals surface area contributed by atoms with Crippen LogP contribution in [0, 0.1) is 0 Å². The second kappa shape index (κ2) is 4.51. The molecule has 0 radical (unpaired) electrons. The van der Waals surface area contributed by atoms with E-state index in [-0.39, 0.29) is 0 Å². The average molecular weight is 327 g/mol. The lowest BCUT2D eigenvalue weighted by molar-refractivity contribution is 0.447. The Kier molecular flexibility index (Phi) is 2.85. The maximum absolute atomic E-state index is 6.05. The van der Waals surface area contributed by atoms with E-state index in [2.05, 4.69) is 36.6 Å². The molecule has 6 nitrogen and oxygen atoms in total. The normalized spacial score (nSPS) is 10.8. The molecule has 18 heavy (non-hydrogen) atoms. The van der Waals surface area contributed by atoms with Gasteiger partial charge >= 0.3 is 0 Å². The Bertz CT molecular complexity index is 716. The molecule has 0 saturated heterocycles. The number of halogens is 2. The van der Waals surface area contributed by atoms with E-state index >= 15 is 0 Å². The van der Waals surface area contributed by atoms with Crippen molar-refractivity contribution in [1.82, 2.24) is 25.3 Å². The Labute approximate surface area is 115 Å². The molecule has 2 aromatic heterocycles. The van der Waals surface area contributed by atoms with Gasteiger partial charge in [0.25, 0.3) is 0 Å². The Morgan fingerprint density at radius 2 is 2.11 bits per heavy atom. The van der Waals surface area contributed by atoms with E-state index in [0.717, 1.165) is 4.47 Å². The quantitative estimate of drug-likeness (QED) is 0.724. The standard InChI is InChI=1S/C10H5BrClN5O/c11-6-1-2-8(7(12)5-6)18-10-4-3-9-13-15-16-17(9)14-10/h1-5H. The number of aromatic nitrogens is 5. The van der Waals surface area contributed by atoms with Crippen molar-refractivity contribution in [3.8, 4) is 11.6 Å². The van der Waals surface area contributed by atoms with E-state index in [4.69, 9.17) is 16.3 Å². The van der Waals surface area contributed by atoms with Gasteiger partial charge in [-0.15, -0.1) is 14.8 Å². The molecule has 3 aromatic rings. The van der Waals surface area contributed by atoms with Crippen molar-refractivity contribution < 1.29 is 4.74 Å². The second-order valence-corrected chi connectivity index (χ2v) is 4.70.